The van der Waals surface area contributed by atoms with Gasteiger partial charge in [0.25, 0.3) is 5.91 Å². The highest BCUT2D eigenvalue weighted by atomic mass is 16.5. The van der Waals surface area contributed by atoms with E-state index in [1.807, 2.05) is 0 Å². The average Bonchev–Trinajstić information content (AvgIpc) is 2.65. The van der Waals surface area contributed by atoms with Gasteiger partial charge in [0.05, 0.1) is 18.8 Å². The van der Waals surface area contributed by atoms with Crippen LogP contribution in [-0.2, 0) is 4.74 Å². The largest absolute Gasteiger partial charge is 0.380 e. The normalized spacial score (nSPS) is 20.1. The van der Waals surface area contributed by atoms with Gasteiger partial charge < -0.3 is 21.1 Å². The van der Waals surface area contributed by atoms with Crippen molar-refractivity contribution in [1.29, 1.82) is 0 Å². The summed E-state index contributed by atoms with van der Waals surface area (Å²) in [6.45, 7) is 3.92. The van der Waals surface area contributed by atoms with Crippen molar-refractivity contribution in [3.8, 4) is 0 Å². The minimum Gasteiger partial charge on any atom is -0.380 e. The van der Waals surface area contributed by atoms with Gasteiger partial charge in [-0.05, 0) is 12.1 Å². The number of pyridine rings is 1. The van der Waals surface area contributed by atoms with Gasteiger partial charge in [0, 0.05) is 31.7 Å². The van der Waals surface area contributed by atoms with Gasteiger partial charge in [-0.25, -0.2) is 4.98 Å². The molecule has 0 aromatic carbocycles. The molecule has 0 aliphatic carbocycles. The van der Waals surface area contributed by atoms with Crippen LogP contribution in [0.1, 0.15) is 10.4 Å². The fraction of sp³-hybridized carbons (Fsp3) is 0.500. The van der Waals surface area contributed by atoms with Crippen LogP contribution in [0.3, 0.4) is 0 Å². The fourth-order valence-corrected chi connectivity index (χ4v) is 1.88. The summed E-state index contributed by atoms with van der Waals surface area (Å²) in [5.41, 5.74) is 5.71. The highest BCUT2D eigenvalue weighted by Crippen LogP contribution is 2.11. The number of rotatable bonds is 4. The zero-order chi connectivity index (χ0) is 12.8. The van der Waals surface area contributed by atoms with Crippen LogP contribution >= 0.6 is 0 Å². The van der Waals surface area contributed by atoms with E-state index in [0.29, 0.717) is 30.5 Å². The molecule has 0 bridgehead atoms. The first kappa shape index (κ1) is 12.8. The average molecular weight is 250 g/mol. The summed E-state index contributed by atoms with van der Waals surface area (Å²) in [6.07, 6.45) is 1.64. The molecule has 1 atom stereocenters. The molecular weight excluding hydrogens is 232 g/mol. The van der Waals surface area contributed by atoms with Crippen LogP contribution in [0.2, 0.25) is 0 Å². The SMILES string of the molecule is NC(=O)c1cccnc1NC[C@@H]1CNCCOC1. The van der Waals surface area contributed by atoms with E-state index in [-0.39, 0.29) is 0 Å². The summed E-state index contributed by atoms with van der Waals surface area (Å²) in [7, 11) is 0. The van der Waals surface area contributed by atoms with E-state index < -0.39 is 5.91 Å². The molecule has 0 unspecified atom stereocenters. The molecule has 1 aliphatic heterocycles. The fourth-order valence-electron chi connectivity index (χ4n) is 1.88. The Bertz CT molecular complexity index is 403. The van der Waals surface area contributed by atoms with Crippen molar-refractivity contribution in [3.05, 3.63) is 23.9 Å². The molecule has 1 amide bonds. The number of aromatic nitrogens is 1. The molecule has 1 aromatic rings. The lowest BCUT2D eigenvalue weighted by Crippen LogP contribution is -2.29. The number of hydrogen-bond donors (Lipinski definition) is 3. The molecule has 1 fully saturated rings. The third kappa shape index (κ3) is 3.41. The molecular formula is C12H18N4O2. The van der Waals surface area contributed by atoms with E-state index in [1.165, 1.54) is 0 Å². The first-order valence-electron chi connectivity index (χ1n) is 6.04. The highest BCUT2D eigenvalue weighted by molar-refractivity contribution is 5.97. The van der Waals surface area contributed by atoms with E-state index in [9.17, 15) is 4.79 Å². The van der Waals surface area contributed by atoms with Crippen molar-refractivity contribution in [2.24, 2.45) is 11.7 Å². The first-order valence-corrected chi connectivity index (χ1v) is 6.04. The molecule has 6 nitrogen and oxygen atoms in total. The minimum atomic E-state index is -0.471. The number of hydrogen-bond acceptors (Lipinski definition) is 5. The van der Waals surface area contributed by atoms with Crippen molar-refractivity contribution in [1.82, 2.24) is 10.3 Å². The molecule has 0 spiro atoms. The van der Waals surface area contributed by atoms with Gasteiger partial charge in [-0.1, -0.05) is 0 Å². The molecule has 98 valence electrons. The summed E-state index contributed by atoms with van der Waals surface area (Å²) in [6, 6.07) is 3.36. The zero-order valence-electron chi connectivity index (χ0n) is 10.2. The van der Waals surface area contributed by atoms with Gasteiger partial charge in [0.1, 0.15) is 5.82 Å². The lowest BCUT2D eigenvalue weighted by molar-refractivity contribution is 0.100. The molecule has 6 heteroatoms. The van der Waals surface area contributed by atoms with Gasteiger partial charge in [-0.2, -0.15) is 0 Å². The van der Waals surface area contributed by atoms with Crippen LogP contribution < -0.4 is 16.4 Å². The van der Waals surface area contributed by atoms with Gasteiger partial charge in [-0.15, -0.1) is 0 Å². The van der Waals surface area contributed by atoms with Crippen LogP contribution in [0.5, 0.6) is 0 Å². The Labute approximate surface area is 106 Å². The Morgan fingerprint density at radius 2 is 2.56 bits per heavy atom. The van der Waals surface area contributed by atoms with Crippen molar-refractivity contribution in [3.63, 3.8) is 0 Å². The molecule has 1 aliphatic rings. The molecule has 1 saturated heterocycles. The molecule has 4 N–H and O–H groups in total. The third-order valence-electron chi connectivity index (χ3n) is 2.84. The lowest BCUT2D eigenvalue weighted by atomic mass is 10.1. The van der Waals surface area contributed by atoms with Gasteiger partial charge in [0.15, 0.2) is 0 Å². The standard InChI is InChI=1S/C12H18N4O2/c13-11(17)10-2-1-3-15-12(10)16-7-9-6-14-4-5-18-8-9/h1-3,9,14H,4-8H2,(H2,13,17)(H,15,16)/t9-/m0/s1. The Balaban J connectivity index is 1.94. The molecule has 1 aromatic heterocycles. The van der Waals surface area contributed by atoms with Crippen LogP contribution in [0.15, 0.2) is 18.3 Å². The van der Waals surface area contributed by atoms with E-state index in [0.717, 1.165) is 19.7 Å². The van der Waals surface area contributed by atoms with E-state index in [1.54, 1.807) is 18.3 Å². The monoisotopic (exact) mass is 250 g/mol. The summed E-state index contributed by atoms with van der Waals surface area (Å²) >= 11 is 0. The number of nitrogens with two attached hydrogens (primary N) is 1. The van der Waals surface area contributed by atoms with Gasteiger partial charge in [-0.3, -0.25) is 4.79 Å². The second kappa shape index (κ2) is 6.32. The number of ether oxygens (including phenoxy) is 1. The van der Waals surface area contributed by atoms with Crippen LogP contribution in [0.4, 0.5) is 5.82 Å². The molecule has 18 heavy (non-hydrogen) atoms. The predicted molar refractivity (Wildman–Crippen MR) is 68.4 cm³/mol. The van der Waals surface area contributed by atoms with Crippen molar-refractivity contribution >= 4 is 11.7 Å². The summed E-state index contributed by atoms with van der Waals surface area (Å²) in [4.78, 5) is 15.4. The quantitative estimate of drug-likeness (QED) is 0.690. The van der Waals surface area contributed by atoms with Crippen molar-refractivity contribution in [2.75, 3.05) is 38.2 Å². The number of carbonyl (C=O) groups excluding carboxylic acids is 1. The van der Waals surface area contributed by atoms with E-state index in [4.69, 9.17) is 10.5 Å². The molecule has 2 heterocycles. The summed E-state index contributed by atoms with van der Waals surface area (Å²) in [5.74, 6) is 0.422. The summed E-state index contributed by atoms with van der Waals surface area (Å²) < 4.78 is 5.46. The smallest absolute Gasteiger partial charge is 0.252 e. The van der Waals surface area contributed by atoms with Gasteiger partial charge >= 0.3 is 0 Å². The summed E-state index contributed by atoms with van der Waals surface area (Å²) in [5, 5.41) is 6.45. The highest BCUT2D eigenvalue weighted by Gasteiger charge is 2.14. The van der Waals surface area contributed by atoms with Crippen molar-refractivity contribution < 1.29 is 9.53 Å². The molecule has 2 rings (SSSR count). The maximum Gasteiger partial charge on any atom is 0.252 e. The molecule has 0 radical (unpaired) electrons. The topological polar surface area (TPSA) is 89.3 Å². The second-order valence-electron chi connectivity index (χ2n) is 4.29. The predicted octanol–water partition coefficient (Wildman–Crippen LogP) is -0.172. The van der Waals surface area contributed by atoms with Crippen molar-refractivity contribution in [2.45, 2.75) is 0 Å². The van der Waals surface area contributed by atoms with E-state index >= 15 is 0 Å². The van der Waals surface area contributed by atoms with Crippen LogP contribution in [0.25, 0.3) is 0 Å². The zero-order valence-corrected chi connectivity index (χ0v) is 10.2. The number of anilines is 1. The van der Waals surface area contributed by atoms with Crippen LogP contribution in [0, 0.1) is 5.92 Å². The lowest BCUT2D eigenvalue weighted by Gasteiger charge is -2.15. The second-order valence-corrected chi connectivity index (χ2v) is 4.29. The Kier molecular flexibility index (Phi) is 4.49. The molecule has 0 saturated carbocycles. The van der Waals surface area contributed by atoms with E-state index in [2.05, 4.69) is 15.6 Å². The third-order valence-corrected chi connectivity index (χ3v) is 2.84. The minimum absolute atomic E-state index is 0.357. The Hall–Kier alpha value is -1.66. The number of amides is 1. The number of nitrogens with zero attached hydrogens (tertiary/aromatic N) is 1. The van der Waals surface area contributed by atoms with Crippen LogP contribution in [-0.4, -0.2) is 43.7 Å². The van der Waals surface area contributed by atoms with Gasteiger partial charge in [0.2, 0.25) is 0 Å². The maximum atomic E-state index is 11.2. The Morgan fingerprint density at radius 3 is 3.39 bits per heavy atom. The first-order chi connectivity index (χ1) is 8.77. The maximum absolute atomic E-state index is 11.2. The number of primary amides is 1. The number of carbonyl (C=O) groups is 1. The number of nitrogens with one attached hydrogen (secondary N) is 2. The Morgan fingerprint density at radius 1 is 1.67 bits per heavy atom.